The fourth-order valence-corrected chi connectivity index (χ4v) is 5.72. The predicted octanol–water partition coefficient (Wildman–Crippen LogP) is 4.33. The summed E-state index contributed by atoms with van der Waals surface area (Å²) < 4.78 is 7.64. The molecule has 5 rings (SSSR count). The lowest BCUT2D eigenvalue weighted by Crippen LogP contribution is -2.37. The van der Waals surface area contributed by atoms with E-state index in [0.717, 1.165) is 59.1 Å². The van der Waals surface area contributed by atoms with Crippen LogP contribution in [0, 0.1) is 6.92 Å². The molecule has 1 aromatic carbocycles. The second kappa shape index (κ2) is 9.32. The number of morpholine rings is 1. The highest BCUT2D eigenvalue weighted by atomic mass is 35.5. The van der Waals surface area contributed by atoms with Gasteiger partial charge >= 0.3 is 0 Å². The number of aryl methyl sites for hydroxylation is 3. The Morgan fingerprint density at radius 3 is 2.58 bits per heavy atom. The summed E-state index contributed by atoms with van der Waals surface area (Å²) in [7, 11) is 2.02. The third kappa shape index (κ3) is 4.20. The second-order valence-electron chi connectivity index (χ2n) is 7.99. The predicted molar refractivity (Wildman–Crippen MR) is 131 cm³/mol. The van der Waals surface area contributed by atoms with Crippen molar-refractivity contribution < 1.29 is 4.74 Å². The number of fused-ring (bicyclic) bond motifs is 1. The zero-order chi connectivity index (χ0) is 22.9. The number of aromatic amines is 1. The largest absolute Gasteiger partial charge is 0.378 e. The molecule has 0 spiro atoms. The van der Waals surface area contributed by atoms with E-state index in [1.165, 1.54) is 0 Å². The summed E-state index contributed by atoms with van der Waals surface area (Å²) in [6.07, 6.45) is 0.828. The van der Waals surface area contributed by atoms with Gasteiger partial charge in [0.2, 0.25) is 0 Å². The first-order valence-electron chi connectivity index (χ1n) is 11.0. The maximum atomic E-state index is 6.54. The van der Waals surface area contributed by atoms with Crippen LogP contribution in [0.1, 0.15) is 34.8 Å². The molecule has 0 aliphatic carbocycles. The van der Waals surface area contributed by atoms with E-state index in [1.807, 2.05) is 32.2 Å². The molecule has 1 N–H and O–H groups in total. The minimum Gasteiger partial charge on any atom is -0.378 e. The zero-order valence-electron chi connectivity index (χ0n) is 18.9. The van der Waals surface area contributed by atoms with Crippen LogP contribution in [0.5, 0.6) is 0 Å². The Morgan fingerprint density at radius 1 is 1.15 bits per heavy atom. The van der Waals surface area contributed by atoms with Gasteiger partial charge in [-0.2, -0.15) is 5.10 Å². The van der Waals surface area contributed by atoms with Gasteiger partial charge in [0, 0.05) is 32.1 Å². The highest BCUT2D eigenvalue weighted by Gasteiger charge is 2.27. The number of H-pyrrole nitrogens is 1. The number of nitrogens with zero attached hydrogens (tertiary/aromatic N) is 6. The fourth-order valence-electron chi connectivity index (χ4n) is 4.18. The average molecular weight is 484 g/mol. The van der Waals surface area contributed by atoms with Crippen LogP contribution in [0.3, 0.4) is 0 Å². The molecule has 4 heterocycles. The molecule has 172 valence electrons. The Labute approximate surface area is 201 Å². The quantitative estimate of drug-likeness (QED) is 0.322. The average Bonchev–Trinajstić information content (AvgIpc) is 3.36. The van der Waals surface area contributed by atoms with Crippen molar-refractivity contribution in [1.29, 1.82) is 0 Å². The molecule has 0 bridgehead atoms. The molecule has 8 nitrogen and oxygen atoms in total. The summed E-state index contributed by atoms with van der Waals surface area (Å²) >= 11 is 8.12. The van der Waals surface area contributed by atoms with Crippen molar-refractivity contribution in [1.82, 2.24) is 29.7 Å². The minimum atomic E-state index is -0.105. The fraction of sp³-hybridized carbons (Fsp3) is 0.391. The molecule has 1 aliphatic rings. The Kier molecular flexibility index (Phi) is 6.27. The van der Waals surface area contributed by atoms with E-state index in [2.05, 4.69) is 38.7 Å². The topological polar surface area (TPSA) is 84.8 Å². The van der Waals surface area contributed by atoms with Crippen LogP contribution in [0.15, 0.2) is 35.5 Å². The summed E-state index contributed by atoms with van der Waals surface area (Å²) in [5.41, 5.74) is 4.61. The van der Waals surface area contributed by atoms with Gasteiger partial charge in [-0.05, 0) is 12.5 Å². The molecule has 1 aliphatic heterocycles. The number of ether oxygens (including phenoxy) is 1. The molecule has 0 radical (unpaired) electrons. The third-order valence-corrected chi connectivity index (χ3v) is 7.36. The van der Waals surface area contributed by atoms with Crippen LogP contribution >= 0.6 is 23.4 Å². The van der Waals surface area contributed by atoms with Crippen LogP contribution < -0.4 is 4.90 Å². The van der Waals surface area contributed by atoms with Crippen molar-refractivity contribution in [3.05, 3.63) is 58.1 Å². The van der Waals surface area contributed by atoms with Gasteiger partial charge in [0.15, 0.2) is 22.1 Å². The van der Waals surface area contributed by atoms with Crippen molar-refractivity contribution in [2.75, 3.05) is 31.2 Å². The van der Waals surface area contributed by atoms with Gasteiger partial charge in [0.25, 0.3) is 0 Å². The summed E-state index contributed by atoms with van der Waals surface area (Å²) in [5.74, 6) is 1.85. The number of benzene rings is 1. The van der Waals surface area contributed by atoms with E-state index in [-0.39, 0.29) is 5.25 Å². The van der Waals surface area contributed by atoms with Crippen LogP contribution in [-0.4, -0.2) is 56.0 Å². The van der Waals surface area contributed by atoms with Crippen LogP contribution in [0.4, 0.5) is 5.82 Å². The normalized spacial score (nSPS) is 15.3. The second-order valence-corrected chi connectivity index (χ2v) is 9.44. The smallest absolute Gasteiger partial charge is 0.192 e. The van der Waals surface area contributed by atoms with Crippen molar-refractivity contribution in [3.8, 4) is 0 Å². The molecule has 3 aromatic heterocycles. The van der Waals surface area contributed by atoms with E-state index in [0.29, 0.717) is 23.5 Å². The van der Waals surface area contributed by atoms with Crippen molar-refractivity contribution in [3.63, 3.8) is 0 Å². The summed E-state index contributed by atoms with van der Waals surface area (Å²) in [4.78, 5) is 17.1. The minimum absolute atomic E-state index is 0.105. The third-order valence-electron chi connectivity index (χ3n) is 5.94. The maximum Gasteiger partial charge on any atom is 0.192 e. The highest BCUT2D eigenvalue weighted by molar-refractivity contribution is 7.99. The molecule has 0 saturated carbocycles. The molecule has 1 atom stereocenters. The van der Waals surface area contributed by atoms with Gasteiger partial charge in [-0.1, -0.05) is 60.6 Å². The standard InChI is InChI=1S/C23H26ClN7OS/c1-4-16-25-18-21(30(16)3)26-23(27-22(18)31-10-12-32-13-11-31)33-19(15-8-6-5-7-9-15)17-14(2)28-29-20(17)24/h5-9,19H,4,10-13H2,1-3H3,(H,28,29). The van der Waals surface area contributed by atoms with E-state index in [4.69, 9.17) is 31.3 Å². The number of anilines is 1. The lowest BCUT2D eigenvalue weighted by atomic mass is 10.1. The molecule has 10 heteroatoms. The van der Waals surface area contributed by atoms with Gasteiger partial charge in [-0.15, -0.1) is 0 Å². The zero-order valence-corrected chi connectivity index (χ0v) is 20.4. The van der Waals surface area contributed by atoms with E-state index < -0.39 is 0 Å². The van der Waals surface area contributed by atoms with Gasteiger partial charge in [-0.25, -0.2) is 15.0 Å². The number of hydrogen-bond acceptors (Lipinski definition) is 7. The molecule has 1 fully saturated rings. The number of thioether (sulfide) groups is 1. The van der Waals surface area contributed by atoms with Gasteiger partial charge in [-0.3, -0.25) is 5.10 Å². The lowest BCUT2D eigenvalue weighted by Gasteiger charge is -2.28. The summed E-state index contributed by atoms with van der Waals surface area (Å²) in [6, 6.07) is 10.3. The summed E-state index contributed by atoms with van der Waals surface area (Å²) in [6.45, 7) is 6.99. The number of imidazole rings is 1. The Morgan fingerprint density at radius 2 is 1.91 bits per heavy atom. The Hall–Kier alpha value is -2.62. The molecule has 1 unspecified atom stereocenters. The maximum absolute atomic E-state index is 6.54. The number of hydrogen-bond donors (Lipinski definition) is 1. The molecular weight excluding hydrogens is 458 g/mol. The van der Waals surface area contributed by atoms with Crippen molar-refractivity contribution in [2.45, 2.75) is 30.7 Å². The Balaban J connectivity index is 1.64. The highest BCUT2D eigenvalue weighted by Crippen LogP contribution is 2.43. The SMILES string of the molecule is CCc1nc2c(N3CCOCC3)nc(SC(c3ccccc3)c3c(C)n[nH]c3Cl)nc2n1C. The van der Waals surface area contributed by atoms with E-state index >= 15 is 0 Å². The van der Waals surface area contributed by atoms with Gasteiger partial charge in [0.1, 0.15) is 11.0 Å². The molecule has 4 aromatic rings. The molecule has 0 amide bonds. The van der Waals surface area contributed by atoms with Crippen LogP contribution in [-0.2, 0) is 18.2 Å². The molecule has 33 heavy (non-hydrogen) atoms. The number of halogens is 1. The number of aromatic nitrogens is 6. The van der Waals surface area contributed by atoms with Crippen molar-refractivity contribution in [2.24, 2.45) is 7.05 Å². The summed E-state index contributed by atoms with van der Waals surface area (Å²) in [5, 5.41) is 8.35. The number of rotatable bonds is 6. The van der Waals surface area contributed by atoms with Crippen LogP contribution in [0.25, 0.3) is 11.2 Å². The Bertz CT molecular complexity index is 1250. The molecule has 1 saturated heterocycles. The monoisotopic (exact) mass is 483 g/mol. The first kappa shape index (κ1) is 22.2. The first-order valence-corrected chi connectivity index (χ1v) is 12.3. The van der Waals surface area contributed by atoms with Gasteiger partial charge in [0.05, 0.1) is 24.2 Å². The van der Waals surface area contributed by atoms with Gasteiger partial charge < -0.3 is 14.2 Å². The molecular formula is C23H26ClN7OS. The van der Waals surface area contributed by atoms with Crippen LogP contribution in [0.2, 0.25) is 5.15 Å². The lowest BCUT2D eigenvalue weighted by molar-refractivity contribution is 0.122. The van der Waals surface area contributed by atoms with E-state index in [1.54, 1.807) is 11.8 Å². The number of nitrogens with one attached hydrogen (secondary N) is 1. The van der Waals surface area contributed by atoms with Crippen molar-refractivity contribution >= 4 is 40.3 Å². The van der Waals surface area contributed by atoms with E-state index in [9.17, 15) is 0 Å². The first-order chi connectivity index (χ1) is 16.1.